The lowest BCUT2D eigenvalue weighted by Crippen LogP contribution is -2.07. The van der Waals surface area contributed by atoms with E-state index in [-0.39, 0.29) is 0 Å². The third-order valence-electron chi connectivity index (χ3n) is 6.56. The molecule has 5 nitrogen and oxygen atoms in total. The van der Waals surface area contributed by atoms with Crippen LogP contribution in [0.4, 0.5) is 0 Å². The molecule has 4 aromatic carbocycles. The van der Waals surface area contributed by atoms with E-state index in [9.17, 15) is 9.90 Å². The van der Waals surface area contributed by atoms with Gasteiger partial charge in [0.2, 0.25) is 0 Å². The first-order chi connectivity index (χ1) is 18.1. The summed E-state index contributed by atoms with van der Waals surface area (Å²) in [6.07, 6.45) is 3.06. The van der Waals surface area contributed by atoms with Crippen LogP contribution in [-0.4, -0.2) is 20.6 Å². The SMILES string of the molecule is CCCCc1nc2cccc(OCc3ccccc3)c2n1Cc1ccc(-c2ccccc2C(=O)O)cc1. The van der Waals surface area contributed by atoms with Gasteiger partial charge in [0.15, 0.2) is 0 Å². The highest BCUT2D eigenvalue weighted by atomic mass is 16.5. The van der Waals surface area contributed by atoms with Gasteiger partial charge in [-0.05, 0) is 46.9 Å². The number of imidazole rings is 1. The molecular weight excluding hydrogens is 460 g/mol. The topological polar surface area (TPSA) is 64.4 Å². The van der Waals surface area contributed by atoms with Gasteiger partial charge >= 0.3 is 5.97 Å². The summed E-state index contributed by atoms with van der Waals surface area (Å²) in [5.74, 6) is 0.949. The molecule has 0 bridgehead atoms. The van der Waals surface area contributed by atoms with Crippen molar-refractivity contribution in [3.05, 3.63) is 120 Å². The normalized spacial score (nSPS) is 11.1. The molecule has 0 saturated carbocycles. The van der Waals surface area contributed by atoms with Crippen LogP contribution in [0.15, 0.2) is 97.1 Å². The fraction of sp³-hybridized carbons (Fsp3) is 0.188. The van der Waals surface area contributed by atoms with E-state index < -0.39 is 5.97 Å². The molecule has 37 heavy (non-hydrogen) atoms. The number of para-hydroxylation sites is 1. The maximum atomic E-state index is 11.7. The van der Waals surface area contributed by atoms with E-state index in [4.69, 9.17) is 9.72 Å². The van der Waals surface area contributed by atoms with Crippen LogP contribution in [0, 0.1) is 0 Å². The van der Waals surface area contributed by atoms with E-state index in [2.05, 4.69) is 35.8 Å². The molecule has 0 radical (unpaired) electrons. The molecule has 1 N–H and O–H groups in total. The summed E-state index contributed by atoms with van der Waals surface area (Å²) in [6, 6.07) is 31.5. The van der Waals surface area contributed by atoms with E-state index in [1.807, 2.05) is 60.7 Å². The number of fused-ring (bicyclic) bond motifs is 1. The lowest BCUT2D eigenvalue weighted by molar-refractivity contribution is 0.0697. The second-order valence-corrected chi connectivity index (χ2v) is 9.16. The quantitative estimate of drug-likeness (QED) is 0.222. The standard InChI is InChI=1S/C32H30N2O3/c1-2-3-16-30-33-28-14-9-15-29(37-22-24-10-5-4-6-11-24)31(28)34(30)21-23-17-19-25(20-18-23)26-12-7-8-13-27(26)32(35)36/h4-15,17-20H,2-3,16,21-22H2,1H3,(H,35,36). The first-order valence-electron chi connectivity index (χ1n) is 12.7. The molecule has 0 aliphatic heterocycles. The largest absolute Gasteiger partial charge is 0.487 e. The number of carboxylic acid groups (broad SMARTS) is 1. The molecule has 1 aromatic heterocycles. The van der Waals surface area contributed by atoms with Crippen molar-refractivity contribution in [3.63, 3.8) is 0 Å². The lowest BCUT2D eigenvalue weighted by atomic mass is 9.99. The molecule has 0 saturated heterocycles. The Morgan fingerprint density at radius 3 is 2.38 bits per heavy atom. The van der Waals surface area contributed by atoms with Crippen molar-refractivity contribution in [2.45, 2.75) is 39.3 Å². The van der Waals surface area contributed by atoms with Gasteiger partial charge in [0.05, 0.1) is 11.1 Å². The molecule has 1 heterocycles. The van der Waals surface area contributed by atoms with E-state index in [0.717, 1.165) is 64.1 Å². The van der Waals surface area contributed by atoms with E-state index in [1.165, 1.54) is 0 Å². The minimum atomic E-state index is -0.923. The van der Waals surface area contributed by atoms with Gasteiger partial charge in [-0.1, -0.05) is 92.2 Å². The third kappa shape index (κ3) is 5.41. The molecule has 5 aromatic rings. The zero-order valence-electron chi connectivity index (χ0n) is 20.9. The molecule has 0 aliphatic rings. The molecule has 186 valence electrons. The summed E-state index contributed by atoms with van der Waals surface area (Å²) in [4.78, 5) is 16.7. The predicted octanol–water partition coefficient (Wildman–Crippen LogP) is 7.37. The van der Waals surface area contributed by atoms with Gasteiger partial charge in [-0.2, -0.15) is 0 Å². The second-order valence-electron chi connectivity index (χ2n) is 9.16. The molecule has 0 unspecified atom stereocenters. The van der Waals surface area contributed by atoms with Gasteiger partial charge in [0.25, 0.3) is 0 Å². The maximum Gasteiger partial charge on any atom is 0.336 e. The molecule has 5 rings (SSSR count). The van der Waals surface area contributed by atoms with Crippen molar-refractivity contribution in [2.24, 2.45) is 0 Å². The van der Waals surface area contributed by atoms with Crippen molar-refractivity contribution in [2.75, 3.05) is 0 Å². The summed E-state index contributed by atoms with van der Waals surface area (Å²) in [7, 11) is 0. The van der Waals surface area contributed by atoms with Crippen molar-refractivity contribution in [1.82, 2.24) is 9.55 Å². The number of aryl methyl sites for hydroxylation is 1. The number of nitrogens with zero attached hydrogens (tertiary/aromatic N) is 2. The summed E-state index contributed by atoms with van der Waals surface area (Å²) in [6.45, 7) is 3.34. The Labute approximate surface area is 217 Å². The van der Waals surface area contributed by atoms with Crippen LogP contribution in [0.5, 0.6) is 5.75 Å². The molecule has 0 aliphatic carbocycles. The highest BCUT2D eigenvalue weighted by molar-refractivity contribution is 5.96. The Morgan fingerprint density at radius 1 is 0.865 bits per heavy atom. The van der Waals surface area contributed by atoms with Crippen molar-refractivity contribution < 1.29 is 14.6 Å². The smallest absolute Gasteiger partial charge is 0.336 e. The van der Waals surface area contributed by atoms with Crippen LogP contribution >= 0.6 is 0 Å². The Balaban J connectivity index is 1.48. The van der Waals surface area contributed by atoms with Gasteiger partial charge in [0.1, 0.15) is 23.7 Å². The molecule has 5 heteroatoms. The summed E-state index contributed by atoms with van der Waals surface area (Å²) < 4.78 is 8.57. The number of unbranched alkanes of at least 4 members (excludes halogenated alkanes) is 1. The summed E-state index contributed by atoms with van der Waals surface area (Å²) in [5.41, 5.74) is 6.08. The maximum absolute atomic E-state index is 11.7. The van der Waals surface area contributed by atoms with Crippen LogP contribution in [0.3, 0.4) is 0 Å². The zero-order chi connectivity index (χ0) is 25.6. The summed E-state index contributed by atoms with van der Waals surface area (Å²) in [5, 5.41) is 9.58. The van der Waals surface area contributed by atoms with Crippen LogP contribution in [0.25, 0.3) is 22.2 Å². The number of aromatic nitrogens is 2. The number of aromatic carboxylic acids is 1. The van der Waals surface area contributed by atoms with E-state index in [1.54, 1.807) is 12.1 Å². The Hall–Kier alpha value is -4.38. The number of ether oxygens (including phenoxy) is 1. The Morgan fingerprint density at radius 2 is 1.62 bits per heavy atom. The van der Waals surface area contributed by atoms with Gasteiger partial charge in [0, 0.05) is 13.0 Å². The number of hydrogen-bond acceptors (Lipinski definition) is 3. The average molecular weight is 491 g/mol. The van der Waals surface area contributed by atoms with Gasteiger partial charge in [-0.3, -0.25) is 0 Å². The first-order valence-corrected chi connectivity index (χ1v) is 12.7. The highest BCUT2D eigenvalue weighted by Gasteiger charge is 2.16. The minimum Gasteiger partial charge on any atom is -0.487 e. The molecule has 0 atom stereocenters. The van der Waals surface area contributed by atoms with E-state index in [0.29, 0.717) is 18.7 Å². The van der Waals surface area contributed by atoms with Crippen LogP contribution < -0.4 is 4.74 Å². The molecule has 0 spiro atoms. The van der Waals surface area contributed by atoms with Gasteiger partial charge < -0.3 is 14.4 Å². The van der Waals surface area contributed by atoms with Gasteiger partial charge in [-0.15, -0.1) is 0 Å². The predicted molar refractivity (Wildman–Crippen MR) is 147 cm³/mol. The first kappa shape index (κ1) is 24.3. The average Bonchev–Trinajstić information content (AvgIpc) is 3.29. The number of rotatable bonds is 10. The minimum absolute atomic E-state index is 0.304. The Kier molecular flexibility index (Phi) is 7.31. The fourth-order valence-electron chi connectivity index (χ4n) is 4.64. The zero-order valence-corrected chi connectivity index (χ0v) is 20.9. The highest BCUT2D eigenvalue weighted by Crippen LogP contribution is 2.30. The number of hydrogen-bond donors (Lipinski definition) is 1. The van der Waals surface area contributed by atoms with Gasteiger partial charge in [-0.25, -0.2) is 9.78 Å². The third-order valence-corrected chi connectivity index (χ3v) is 6.56. The van der Waals surface area contributed by atoms with Crippen molar-refractivity contribution in [3.8, 4) is 16.9 Å². The fourth-order valence-corrected chi connectivity index (χ4v) is 4.64. The molecule has 0 amide bonds. The van der Waals surface area contributed by atoms with Crippen LogP contribution in [-0.2, 0) is 19.6 Å². The van der Waals surface area contributed by atoms with Crippen molar-refractivity contribution >= 4 is 17.0 Å². The van der Waals surface area contributed by atoms with E-state index >= 15 is 0 Å². The summed E-state index contributed by atoms with van der Waals surface area (Å²) >= 11 is 0. The molecule has 0 fully saturated rings. The monoisotopic (exact) mass is 490 g/mol. The van der Waals surface area contributed by atoms with Crippen LogP contribution in [0.1, 0.15) is 47.1 Å². The Bertz CT molecular complexity index is 1500. The number of carbonyl (C=O) groups is 1. The molecular formula is C32H30N2O3. The lowest BCUT2D eigenvalue weighted by Gasteiger charge is -2.14. The number of carboxylic acids is 1. The van der Waals surface area contributed by atoms with Crippen molar-refractivity contribution in [1.29, 1.82) is 0 Å². The second kappa shape index (κ2) is 11.1. The number of benzene rings is 4. The van der Waals surface area contributed by atoms with Crippen LogP contribution in [0.2, 0.25) is 0 Å².